The highest BCUT2D eigenvalue weighted by Gasteiger charge is 2.15. The largest absolute Gasteiger partial charge is 0.361 e. The molecular weight excluding hydrogens is 369 g/mol. The van der Waals surface area contributed by atoms with Crippen molar-refractivity contribution in [2.24, 2.45) is 0 Å². The first-order valence-corrected chi connectivity index (χ1v) is 10.2. The number of H-pyrrole nitrogens is 1. The predicted octanol–water partition coefficient (Wildman–Crippen LogP) is -0.0410. The molecule has 1 heterocycles. The average molecular weight is 392 g/mol. The summed E-state index contributed by atoms with van der Waals surface area (Å²) in [5, 5.41) is 0. The van der Waals surface area contributed by atoms with Gasteiger partial charge in [0.05, 0.1) is 5.75 Å². The molecule has 0 fully saturated rings. The van der Waals surface area contributed by atoms with E-state index in [2.05, 4.69) is 9.71 Å². The number of nitrogens with zero attached hydrogens (tertiary/aromatic N) is 1. The molecule has 1 aromatic heterocycles. The van der Waals surface area contributed by atoms with Crippen LogP contribution in [0.1, 0.15) is 24.9 Å². The molecule has 145 valence electrons. The van der Waals surface area contributed by atoms with E-state index in [-0.39, 0.29) is 31.6 Å². The van der Waals surface area contributed by atoms with Crippen molar-refractivity contribution >= 4 is 22.8 Å². The zero-order valence-corrected chi connectivity index (χ0v) is 16.2. The van der Waals surface area contributed by atoms with Crippen molar-refractivity contribution in [1.82, 2.24) is 14.3 Å². The number of hydrogen-bond acceptors (Lipinski definition) is 5. The maximum atomic E-state index is 12.2. The smallest absolute Gasteiger partial charge is 0.330 e. The second-order valence-electron chi connectivity index (χ2n) is 6.09. The summed E-state index contributed by atoms with van der Waals surface area (Å²) in [5.41, 5.74) is 0.870. The molecule has 0 aliphatic carbocycles. The summed E-state index contributed by atoms with van der Waals surface area (Å²) < 4.78 is 33.6. The summed E-state index contributed by atoms with van der Waals surface area (Å²) >= 11 is 0. The van der Waals surface area contributed by atoms with Crippen LogP contribution in [0.4, 0.5) is 0 Å². The number of aromatic amines is 1. The van der Waals surface area contributed by atoms with Crippen molar-refractivity contribution in [2.45, 2.75) is 32.9 Å². The summed E-state index contributed by atoms with van der Waals surface area (Å²) in [6, 6.07) is 8.54. The lowest BCUT2D eigenvalue weighted by molar-refractivity contribution is 0.0744. The summed E-state index contributed by atoms with van der Waals surface area (Å²) in [6.45, 7) is 3.83. The molecule has 2 N–H and O–H groups in total. The standard InChI is InChI=1S/C17H23BN3O5S/c1-13(14-5-3-6-15(11-14)18-2)20-27(24,25)10-4-9-26-12-21-8-7-16(22)19-17(21)23/h3,5-8,11,13,20H,4,9-10,12H2,1-2H3,(H,19,22,23)/t13-/m1/s1. The molecular formula is C17H23BN3O5S. The van der Waals surface area contributed by atoms with Gasteiger partial charge in [-0.2, -0.15) is 0 Å². The third kappa shape index (κ3) is 6.81. The van der Waals surface area contributed by atoms with E-state index in [4.69, 9.17) is 4.74 Å². The van der Waals surface area contributed by atoms with Gasteiger partial charge in [0.2, 0.25) is 10.0 Å². The summed E-state index contributed by atoms with van der Waals surface area (Å²) in [6.07, 6.45) is 1.60. The lowest BCUT2D eigenvalue weighted by atomic mass is 9.73. The quantitative estimate of drug-likeness (QED) is 0.436. The highest BCUT2D eigenvalue weighted by atomic mass is 32.2. The van der Waals surface area contributed by atoms with Crippen molar-refractivity contribution in [3.05, 3.63) is 62.9 Å². The minimum absolute atomic E-state index is 0.0558. The van der Waals surface area contributed by atoms with Crippen molar-refractivity contribution in [1.29, 1.82) is 0 Å². The van der Waals surface area contributed by atoms with Crippen LogP contribution in [0, 0.1) is 0 Å². The van der Waals surface area contributed by atoms with E-state index in [1.54, 1.807) is 6.92 Å². The van der Waals surface area contributed by atoms with Gasteiger partial charge >= 0.3 is 5.69 Å². The lowest BCUT2D eigenvalue weighted by Gasteiger charge is -2.15. The molecule has 0 aliphatic heterocycles. The zero-order chi connectivity index (χ0) is 19.9. The van der Waals surface area contributed by atoms with Crippen LogP contribution in [0.25, 0.3) is 0 Å². The first-order chi connectivity index (χ1) is 12.8. The molecule has 2 rings (SSSR count). The van der Waals surface area contributed by atoms with Gasteiger partial charge in [0.25, 0.3) is 5.56 Å². The van der Waals surface area contributed by atoms with Crippen LogP contribution in [0.5, 0.6) is 0 Å². The predicted molar refractivity (Wildman–Crippen MR) is 105 cm³/mol. The Balaban J connectivity index is 1.78. The van der Waals surface area contributed by atoms with Crippen molar-refractivity contribution < 1.29 is 13.2 Å². The number of hydrogen-bond donors (Lipinski definition) is 2. The highest BCUT2D eigenvalue weighted by molar-refractivity contribution is 7.89. The molecule has 0 spiro atoms. The van der Waals surface area contributed by atoms with Gasteiger partial charge < -0.3 is 4.74 Å². The first kappa shape index (κ1) is 21.1. The van der Waals surface area contributed by atoms with Crippen molar-refractivity contribution in [3.63, 3.8) is 0 Å². The van der Waals surface area contributed by atoms with E-state index in [1.807, 2.05) is 38.4 Å². The summed E-state index contributed by atoms with van der Waals surface area (Å²) in [5.74, 6) is -0.0859. The van der Waals surface area contributed by atoms with Crippen LogP contribution in [-0.2, 0) is 21.5 Å². The van der Waals surface area contributed by atoms with E-state index in [1.165, 1.54) is 16.8 Å². The van der Waals surface area contributed by atoms with Crippen molar-refractivity contribution in [3.8, 4) is 0 Å². The summed E-state index contributed by atoms with van der Waals surface area (Å²) in [7, 11) is -1.51. The number of nitrogens with one attached hydrogen (secondary N) is 2. The SMILES string of the molecule is C[B]c1cccc([C@@H](C)NS(=O)(=O)CCCOCn2ccc(=O)[nH]c2=O)c1. The van der Waals surface area contributed by atoms with Gasteiger partial charge in [0, 0.05) is 24.9 Å². The number of ether oxygens (including phenoxy) is 1. The molecule has 1 atom stereocenters. The third-order valence-corrected chi connectivity index (χ3v) is 5.47. The zero-order valence-electron chi connectivity index (χ0n) is 15.3. The van der Waals surface area contributed by atoms with E-state index < -0.39 is 21.3 Å². The fraction of sp³-hybridized carbons (Fsp3) is 0.412. The van der Waals surface area contributed by atoms with E-state index in [0.717, 1.165) is 11.0 Å². The fourth-order valence-electron chi connectivity index (χ4n) is 2.46. The van der Waals surface area contributed by atoms with Gasteiger partial charge in [-0.25, -0.2) is 17.9 Å². The van der Waals surface area contributed by atoms with Gasteiger partial charge in [-0.3, -0.25) is 14.3 Å². The monoisotopic (exact) mass is 392 g/mol. The van der Waals surface area contributed by atoms with Crippen molar-refractivity contribution in [2.75, 3.05) is 12.4 Å². The Bertz CT molecular complexity index is 971. The van der Waals surface area contributed by atoms with Crippen LogP contribution in [0.2, 0.25) is 6.82 Å². The second kappa shape index (κ2) is 9.68. The minimum atomic E-state index is -3.46. The molecule has 0 bridgehead atoms. The minimum Gasteiger partial charge on any atom is -0.361 e. The van der Waals surface area contributed by atoms with E-state index in [0.29, 0.717) is 0 Å². The van der Waals surface area contributed by atoms with Crippen LogP contribution in [0.15, 0.2) is 46.1 Å². The molecule has 1 radical (unpaired) electrons. The Morgan fingerprint density at radius 2 is 2.07 bits per heavy atom. The van der Waals surface area contributed by atoms with Crippen LogP contribution >= 0.6 is 0 Å². The van der Waals surface area contributed by atoms with Crippen LogP contribution < -0.4 is 21.4 Å². The molecule has 0 aliphatic rings. The molecule has 0 saturated heterocycles. The maximum Gasteiger partial charge on any atom is 0.330 e. The van der Waals surface area contributed by atoms with Crippen LogP contribution in [0.3, 0.4) is 0 Å². The Morgan fingerprint density at radius 3 is 2.78 bits per heavy atom. The molecule has 0 amide bonds. The van der Waals surface area contributed by atoms with E-state index >= 15 is 0 Å². The van der Waals surface area contributed by atoms with Crippen LogP contribution in [-0.4, -0.2) is 37.6 Å². The molecule has 27 heavy (non-hydrogen) atoms. The molecule has 1 aromatic carbocycles. The molecule has 0 saturated carbocycles. The number of aromatic nitrogens is 2. The van der Waals surface area contributed by atoms with Gasteiger partial charge in [-0.1, -0.05) is 36.6 Å². The topological polar surface area (TPSA) is 110 Å². The van der Waals surface area contributed by atoms with E-state index in [9.17, 15) is 18.0 Å². The van der Waals surface area contributed by atoms with Gasteiger partial charge in [-0.15, -0.1) is 0 Å². The normalized spacial score (nSPS) is 12.7. The fourth-order valence-corrected chi connectivity index (χ4v) is 3.75. The number of benzene rings is 1. The first-order valence-electron chi connectivity index (χ1n) is 8.57. The number of rotatable bonds is 10. The Hall–Kier alpha value is -2.17. The highest BCUT2D eigenvalue weighted by Crippen LogP contribution is 2.12. The Morgan fingerprint density at radius 1 is 1.30 bits per heavy atom. The van der Waals surface area contributed by atoms with Gasteiger partial charge in [-0.05, 0) is 18.9 Å². The second-order valence-corrected chi connectivity index (χ2v) is 7.96. The van der Waals surface area contributed by atoms with Gasteiger partial charge in [0.15, 0.2) is 0 Å². The Kier molecular flexibility index (Phi) is 7.58. The molecule has 8 nitrogen and oxygen atoms in total. The summed E-state index contributed by atoms with van der Waals surface area (Å²) in [4.78, 5) is 24.6. The molecule has 10 heteroatoms. The Labute approximate surface area is 158 Å². The maximum absolute atomic E-state index is 12.2. The molecule has 2 aromatic rings. The average Bonchev–Trinajstić information content (AvgIpc) is 2.62. The van der Waals surface area contributed by atoms with Gasteiger partial charge in [0.1, 0.15) is 14.0 Å². The third-order valence-electron chi connectivity index (χ3n) is 3.93. The molecule has 0 unspecified atom stereocenters. The number of sulfonamides is 1. The lowest BCUT2D eigenvalue weighted by Crippen LogP contribution is -2.31.